The molecule has 1 aromatic heterocycles. The van der Waals surface area contributed by atoms with E-state index in [2.05, 4.69) is 28.9 Å². The molecule has 1 saturated carbocycles. The van der Waals surface area contributed by atoms with E-state index in [9.17, 15) is 4.79 Å². The number of hydrogen-bond acceptors (Lipinski definition) is 5. The summed E-state index contributed by atoms with van der Waals surface area (Å²) in [6, 6.07) is 8.01. The van der Waals surface area contributed by atoms with Crippen LogP contribution in [0.25, 0.3) is 11.4 Å². The molecule has 1 fully saturated rings. The number of carbonyl (C=O) groups is 1. The summed E-state index contributed by atoms with van der Waals surface area (Å²) in [7, 11) is 1.63. The van der Waals surface area contributed by atoms with Crippen molar-refractivity contribution in [2.75, 3.05) is 13.7 Å². The maximum absolute atomic E-state index is 12.6. The predicted octanol–water partition coefficient (Wildman–Crippen LogP) is 4.11. The molecule has 0 unspecified atom stereocenters. The Morgan fingerprint density at radius 2 is 2.04 bits per heavy atom. The van der Waals surface area contributed by atoms with E-state index in [4.69, 9.17) is 9.26 Å². The molecule has 27 heavy (non-hydrogen) atoms. The maximum atomic E-state index is 12.6. The van der Waals surface area contributed by atoms with Crippen molar-refractivity contribution in [1.29, 1.82) is 0 Å². The van der Waals surface area contributed by atoms with Gasteiger partial charge in [0.25, 0.3) is 0 Å². The highest BCUT2D eigenvalue weighted by molar-refractivity contribution is 5.76. The molecule has 3 rings (SSSR count). The zero-order valence-electron chi connectivity index (χ0n) is 16.5. The van der Waals surface area contributed by atoms with Crippen LogP contribution in [0.1, 0.15) is 51.8 Å². The fraction of sp³-hybridized carbons (Fsp3) is 0.571. The second-order valence-electron chi connectivity index (χ2n) is 7.59. The minimum Gasteiger partial charge on any atom is -0.497 e. The Hall–Kier alpha value is -2.37. The Balaban J connectivity index is 1.48. The van der Waals surface area contributed by atoms with Crippen molar-refractivity contribution in [3.63, 3.8) is 0 Å². The molecule has 2 aromatic rings. The molecule has 6 heteroatoms. The molecule has 0 saturated heterocycles. The van der Waals surface area contributed by atoms with E-state index in [1.54, 1.807) is 7.11 Å². The molecular formula is C21H29N3O3. The Labute approximate surface area is 160 Å². The molecule has 0 radical (unpaired) electrons. The van der Waals surface area contributed by atoms with Gasteiger partial charge in [-0.15, -0.1) is 0 Å². The van der Waals surface area contributed by atoms with Crippen molar-refractivity contribution in [2.45, 2.75) is 58.4 Å². The summed E-state index contributed by atoms with van der Waals surface area (Å²) in [5, 5.41) is 4.04. The predicted molar refractivity (Wildman–Crippen MR) is 103 cm³/mol. The highest BCUT2D eigenvalue weighted by Gasteiger charge is 2.31. The zero-order valence-corrected chi connectivity index (χ0v) is 16.5. The van der Waals surface area contributed by atoms with Crippen molar-refractivity contribution in [2.24, 2.45) is 5.92 Å². The van der Waals surface area contributed by atoms with Crippen molar-refractivity contribution < 1.29 is 14.1 Å². The van der Waals surface area contributed by atoms with Gasteiger partial charge in [0, 0.05) is 31.0 Å². The van der Waals surface area contributed by atoms with Gasteiger partial charge in [-0.05, 0) is 55.9 Å². The van der Waals surface area contributed by atoms with Gasteiger partial charge in [0.15, 0.2) is 0 Å². The second kappa shape index (κ2) is 9.02. The van der Waals surface area contributed by atoms with Crippen LogP contribution < -0.4 is 4.74 Å². The van der Waals surface area contributed by atoms with Crippen molar-refractivity contribution in [1.82, 2.24) is 15.0 Å². The van der Waals surface area contributed by atoms with Crippen LogP contribution in [0.5, 0.6) is 5.75 Å². The first-order valence-electron chi connectivity index (χ1n) is 9.83. The topological polar surface area (TPSA) is 68.5 Å². The standard InChI is InChI=1S/C21H29N3O3/c1-15(2)13-14-24(17-9-10-17)20(25)6-4-5-19-22-21(23-27-19)16-7-11-18(26-3)12-8-16/h7-8,11-12,15,17H,4-6,9-10,13-14H2,1-3H3. The SMILES string of the molecule is COc1ccc(-c2noc(CCCC(=O)N(CCC(C)C)C3CC3)n2)cc1. The monoisotopic (exact) mass is 371 g/mol. The number of aryl methyl sites for hydroxylation is 1. The number of nitrogens with zero attached hydrogens (tertiary/aromatic N) is 3. The van der Waals surface area contributed by atoms with Crippen LogP contribution in [-0.4, -0.2) is 40.6 Å². The molecule has 1 aromatic carbocycles. The van der Waals surface area contributed by atoms with E-state index in [0.29, 0.717) is 36.5 Å². The van der Waals surface area contributed by atoms with Crippen molar-refractivity contribution in [3.8, 4) is 17.1 Å². The lowest BCUT2D eigenvalue weighted by atomic mass is 10.1. The highest BCUT2D eigenvalue weighted by Crippen LogP contribution is 2.28. The number of carbonyl (C=O) groups excluding carboxylic acids is 1. The Kier molecular flexibility index (Phi) is 6.48. The molecule has 0 N–H and O–H groups in total. The van der Waals surface area contributed by atoms with E-state index >= 15 is 0 Å². The third kappa shape index (κ3) is 5.55. The van der Waals surface area contributed by atoms with E-state index in [0.717, 1.165) is 43.5 Å². The molecule has 6 nitrogen and oxygen atoms in total. The molecule has 0 spiro atoms. The van der Waals surface area contributed by atoms with Gasteiger partial charge in [0.05, 0.1) is 7.11 Å². The quantitative estimate of drug-likeness (QED) is 0.629. The fourth-order valence-corrected chi connectivity index (χ4v) is 3.04. The average Bonchev–Trinajstić information content (AvgIpc) is 3.39. The van der Waals surface area contributed by atoms with Crippen molar-refractivity contribution >= 4 is 5.91 Å². The van der Waals surface area contributed by atoms with Gasteiger partial charge in [0.2, 0.25) is 17.6 Å². The minimum absolute atomic E-state index is 0.257. The fourth-order valence-electron chi connectivity index (χ4n) is 3.04. The molecule has 1 aliphatic rings. The molecule has 0 bridgehead atoms. The lowest BCUT2D eigenvalue weighted by molar-refractivity contribution is -0.132. The summed E-state index contributed by atoms with van der Waals surface area (Å²) in [6.45, 7) is 5.28. The van der Waals surface area contributed by atoms with Crippen molar-refractivity contribution in [3.05, 3.63) is 30.2 Å². The summed E-state index contributed by atoms with van der Waals surface area (Å²) < 4.78 is 10.5. The van der Waals surface area contributed by atoms with Crippen LogP contribution in [0, 0.1) is 5.92 Å². The summed E-state index contributed by atoms with van der Waals surface area (Å²) in [5.41, 5.74) is 0.885. The maximum Gasteiger partial charge on any atom is 0.226 e. The number of methoxy groups -OCH3 is 1. The van der Waals surface area contributed by atoms with Gasteiger partial charge in [-0.25, -0.2) is 0 Å². The van der Waals surface area contributed by atoms with Gasteiger partial charge in [-0.3, -0.25) is 4.79 Å². The number of ether oxygens (including phenoxy) is 1. The molecule has 1 aliphatic carbocycles. The number of benzene rings is 1. The molecule has 0 atom stereocenters. The van der Waals surface area contributed by atoms with Crippen LogP contribution >= 0.6 is 0 Å². The first kappa shape index (κ1) is 19.4. The van der Waals surface area contributed by atoms with Gasteiger partial charge >= 0.3 is 0 Å². The van der Waals surface area contributed by atoms with Crippen LogP contribution in [0.4, 0.5) is 0 Å². The normalized spacial score (nSPS) is 13.8. The van der Waals surface area contributed by atoms with E-state index in [-0.39, 0.29) is 5.91 Å². The zero-order chi connectivity index (χ0) is 19.2. The smallest absolute Gasteiger partial charge is 0.226 e. The van der Waals surface area contributed by atoms with Crippen LogP contribution in [0.2, 0.25) is 0 Å². The van der Waals surface area contributed by atoms with E-state index in [1.807, 2.05) is 24.3 Å². The number of amides is 1. The lowest BCUT2D eigenvalue weighted by Crippen LogP contribution is -2.34. The average molecular weight is 371 g/mol. The molecule has 0 aliphatic heterocycles. The van der Waals surface area contributed by atoms with Crippen LogP contribution in [0.15, 0.2) is 28.8 Å². The Morgan fingerprint density at radius 3 is 2.67 bits per heavy atom. The number of aromatic nitrogens is 2. The molecule has 146 valence electrons. The van der Waals surface area contributed by atoms with Gasteiger partial charge < -0.3 is 14.2 Å². The second-order valence-corrected chi connectivity index (χ2v) is 7.59. The highest BCUT2D eigenvalue weighted by atomic mass is 16.5. The molecule has 1 heterocycles. The summed E-state index contributed by atoms with van der Waals surface area (Å²) >= 11 is 0. The van der Waals surface area contributed by atoms with Crippen LogP contribution in [-0.2, 0) is 11.2 Å². The number of hydrogen-bond donors (Lipinski definition) is 0. The van der Waals surface area contributed by atoms with Crippen LogP contribution in [0.3, 0.4) is 0 Å². The Morgan fingerprint density at radius 1 is 1.30 bits per heavy atom. The largest absolute Gasteiger partial charge is 0.497 e. The lowest BCUT2D eigenvalue weighted by Gasteiger charge is -2.23. The van der Waals surface area contributed by atoms with Gasteiger partial charge in [0.1, 0.15) is 5.75 Å². The minimum atomic E-state index is 0.257. The molecular weight excluding hydrogens is 342 g/mol. The summed E-state index contributed by atoms with van der Waals surface area (Å²) in [6.07, 6.45) is 5.26. The van der Waals surface area contributed by atoms with Gasteiger partial charge in [-0.2, -0.15) is 4.98 Å². The number of rotatable bonds is 10. The summed E-state index contributed by atoms with van der Waals surface area (Å²) in [4.78, 5) is 19.1. The molecule has 1 amide bonds. The Bertz CT molecular complexity index is 735. The van der Waals surface area contributed by atoms with E-state index in [1.165, 1.54) is 0 Å². The van der Waals surface area contributed by atoms with E-state index < -0.39 is 0 Å². The third-order valence-electron chi connectivity index (χ3n) is 4.85. The summed E-state index contributed by atoms with van der Waals surface area (Å²) in [5.74, 6) is 2.81. The third-order valence-corrected chi connectivity index (χ3v) is 4.85. The van der Waals surface area contributed by atoms with Gasteiger partial charge in [-0.1, -0.05) is 19.0 Å². The first-order chi connectivity index (χ1) is 13.1. The first-order valence-corrected chi connectivity index (χ1v) is 9.83.